The highest BCUT2D eigenvalue weighted by molar-refractivity contribution is 5.98. The van der Waals surface area contributed by atoms with Crippen LogP contribution in [0.4, 0.5) is 0 Å². The molecule has 1 aliphatic rings. The molecule has 0 radical (unpaired) electrons. The fraction of sp³-hybridized carbons (Fsp3) is 0.727. The lowest BCUT2D eigenvalue weighted by atomic mass is 9.88. The molecular formula is C11H19NO. The number of carbonyl (C=O) groups is 1. The summed E-state index contributed by atoms with van der Waals surface area (Å²) < 4.78 is 0. The van der Waals surface area contributed by atoms with Crippen molar-refractivity contribution in [3.63, 3.8) is 0 Å². The molecule has 1 aliphatic heterocycles. The van der Waals surface area contributed by atoms with Gasteiger partial charge in [0.05, 0.1) is 5.54 Å². The van der Waals surface area contributed by atoms with Gasteiger partial charge in [-0.3, -0.25) is 4.79 Å². The van der Waals surface area contributed by atoms with Crippen LogP contribution in [0, 0.1) is 0 Å². The third-order valence-electron chi connectivity index (χ3n) is 2.74. The molecule has 1 rings (SSSR count). The van der Waals surface area contributed by atoms with E-state index in [2.05, 4.69) is 12.2 Å². The summed E-state index contributed by atoms with van der Waals surface area (Å²) in [7, 11) is 0. The van der Waals surface area contributed by atoms with E-state index in [1.165, 1.54) is 0 Å². The van der Waals surface area contributed by atoms with Gasteiger partial charge >= 0.3 is 0 Å². The van der Waals surface area contributed by atoms with Crippen LogP contribution in [-0.2, 0) is 4.79 Å². The molecule has 1 N–H and O–H groups in total. The summed E-state index contributed by atoms with van der Waals surface area (Å²) in [6.45, 7) is 7.00. The standard InChI is InChI=1S/C11H19NO/c1-4-11(6-5-7-12-11)10(13)8-9(2)3/h8,12H,4-7H2,1-3H3. The molecule has 1 heterocycles. The van der Waals surface area contributed by atoms with E-state index < -0.39 is 0 Å². The smallest absolute Gasteiger partial charge is 0.175 e. The van der Waals surface area contributed by atoms with E-state index in [9.17, 15) is 4.79 Å². The van der Waals surface area contributed by atoms with E-state index in [1.54, 1.807) is 6.08 Å². The van der Waals surface area contributed by atoms with Crippen molar-refractivity contribution in [2.24, 2.45) is 0 Å². The van der Waals surface area contributed by atoms with Crippen molar-refractivity contribution < 1.29 is 4.79 Å². The maximum Gasteiger partial charge on any atom is 0.175 e. The molecule has 1 unspecified atom stereocenters. The zero-order chi connectivity index (χ0) is 9.90. The quantitative estimate of drug-likeness (QED) is 0.675. The largest absolute Gasteiger partial charge is 0.305 e. The van der Waals surface area contributed by atoms with Gasteiger partial charge in [-0.25, -0.2) is 0 Å². The molecule has 0 aromatic heterocycles. The van der Waals surface area contributed by atoms with E-state index in [0.717, 1.165) is 31.4 Å². The lowest BCUT2D eigenvalue weighted by molar-refractivity contribution is -0.120. The van der Waals surface area contributed by atoms with Crippen molar-refractivity contribution in [2.45, 2.75) is 45.6 Å². The third-order valence-corrected chi connectivity index (χ3v) is 2.74. The van der Waals surface area contributed by atoms with E-state index in [0.29, 0.717) is 0 Å². The molecule has 0 aliphatic carbocycles. The zero-order valence-electron chi connectivity index (χ0n) is 8.81. The first-order valence-corrected chi connectivity index (χ1v) is 5.05. The highest BCUT2D eigenvalue weighted by atomic mass is 16.1. The van der Waals surface area contributed by atoms with Crippen LogP contribution >= 0.6 is 0 Å². The number of hydrogen-bond donors (Lipinski definition) is 1. The predicted molar refractivity (Wildman–Crippen MR) is 54.7 cm³/mol. The summed E-state index contributed by atoms with van der Waals surface area (Å²) in [6.07, 6.45) is 4.78. The molecule has 1 atom stereocenters. The molecule has 13 heavy (non-hydrogen) atoms. The van der Waals surface area contributed by atoms with Crippen LogP contribution in [0.3, 0.4) is 0 Å². The van der Waals surface area contributed by atoms with Crippen LogP contribution in [0.15, 0.2) is 11.6 Å². The lowest BCUT2D eigenvalue weighted by Gasteiger charge is -2.24. The number of rotatable bonds is 3. The highest BCUT2D eigenvalue weighted by Gasteiger charge is 2.37. The first-order chi connectivity index (χ1) is 6.10. The fourth-order valence-corrected chi connectivity index (χ4v) is 1.89. The molecule has 0 bridgehead atoms. The lowest BCUT2D eigenvalue weighted by Crippen LogP contribution is -2.46. The first-order valence-electron chi connectivity index (χ1n) is 5.05. The molecule has 0 saturated carbocycles. The molecule has 74 valence electrons. The minimum atomic E-state index is -0.239. The van der Waals surface area contributed by atoms with Crippen molar-refractivity contribution in [3.05, 3.63) is 11.6 Å². The van der Waals surface area contributed by atoms with Crippen molar-refractivity contribution >= 4 is 5.78 Å². The van der Waals surface area contributed by atoms with Crippen LogP contribution in [0.5, 0.6) is 0 Å². The van der Waals surface area contributed by atoms with Gasteiger partial charge < -0.3 is 5.32 Å². The van der Waals surface area contributed by atoms with Crippen LogP contribution in [-0.4, -0.2) is 17.9 Å². The summed E-state index contributed by atoms with van der Waals surface area (Å²) in [5.74, 6) is 0.257. The number of ketones is 1. The summed E-state index contributed by atoms with van der Waals surface area (Å²) in [6, 6.07) is 0. The van der Waals surface area contributed by atoms with E-state index in [1.807, 2.05) is 13.8 Å². The Morgan fingerprint density at radius 3 is 2.62 bits per heavy atom. The second-order valence-electron chi connectivity index (χ2n) is 4.05. The van der Waals surface area contributed by atoms with Gasteiger partial charge in [-0.05, 0) is 45.7 Å². The Labute approximate surface area is 80.4 Å². The molecule has 0 spiro atoms. The van der Waals surface area contributed by atoms with Crippen LogP contribution in [0.2, 0.25) is 0 Å². The maximum atomic E-state index is 11.9. The molecule has 0 aromatic carbocycles. The molecular weight excluding hydrogens is 162 g/mol. The van der Waals surface area contributed by atoms with E-state index in [-0.39, 0.29) is 11.3 Å². The van der Waals surface area contributed by atoms with Crippen molar-refractivity contribution in [1.29, 1.82) is 0 Å². The Hall–Kier alpha value is -0.630. The Balaban J connectivity index is 2.77. The fourth-order valence-electron chi connectivity index (χ4n) is 1.89. The summed E-state index contributed by atoms with van der Waals surface area (Å²) in [4.78, 5) is 11.9. The molecule has 2 nitrogen and oxygen atoms in total. The first kappa shape index (κ1) is 10.5. The van der Waals surface area contributed by atoms with Crippen molar-refractivity contribution in [2.75, 3.05) is 6.54 Å². The minimum Gasteiger partial charge on any atom is -0.305 e. The topological polar surface area (TPSA) is 29.1 Å². The summed E-state index contributed by atoms with van der Waals surface area (Å²) in [5.41, 5.74) is 0.851. The van der Waals surface area contributed by atoms with E-state index >= 15 is 0 Å². The number of nitrogens with one attached hydrogen (secondary N) is 1. The van der Waals surface area contributed by atoms with Gasteiger partial charge in [0, 0.05) is 0 Å². The minimum absolute atomic E-state index is 0.239. The molecule has 2 heteroatoms. The number of hydrogen-bond acceptors (Lipinski definition) is 2. The molecule has 0 amide bonds. The second kappa shape index (κ2) is 4.05. The average molecular weight is 181 g/mol. The van der Waals surface area contributed by atoms with E-state index in [4.69, 9.17) is 0 Å². The van der Waals surface area contributed by atoms with Gasteiger partial charge in [0.1, 0.15) is 0 Å². The number of allylic oxidation sites excluding steroid dienone is 1. The van der Waals surface area contributed by atoms with Gasteiger partial charge in [0.25, 0.3) is 0 Å². The normalized spacial score (nSPS) is 27.3. The van der Waals surface area contributed by atoms with Crippen molar-refractivity contribution in [3.8, 4) is 0 Å². The molecule has 1 fully saturated rings. The maximum absolute atomic E-state index is 11.9. The predicted octanol–water partition coefficient (Wildman–Crippen LogP) is 2.05. The third kappa shape index (κ3) is 2.19. The Morgan fingerprint density at radius 1 is 1.54 bits per heavy atom. The SMILES string of the molecule is CCC1(C(=O)C=C(C)C)CCCN1. The van der Waals surface area contributed by atoms with Gasteiger partial charge in [0.2, 0.25) is 0 Å². The Morgan fingerprint density at radius 2 is 2.23 bits per heavy atom. The Kier molecular flexibility index (Phi) is 3.26. The molecule has 1 saturated heterocycles. The van der Waals surface area contributed by atoms with Gasteiger partial charge in [-0.2, -0.15) is 0 Å². The second-order valence-corrected chi connectivity index (χ2v) is 4.05. The number of carbonyl (C=O) groups excluding carboxylic acids is 1. The van der Waals surface area contributed by atoms with Crippen LogP contribution in [0.25, 0.3) is 0 Å². The molecule has 0 aromatic rings. The Bertz CT molecular complexity index is 220. The average Bonchev–Trinajstić information content (AvgIpc) is 2.51. The van der Waals surface area contributed by atoms with Crippen molar-refractivity contribution in [1.82, 2.24) is 5.32 Å². The van der Waals surface area contributed by atoms with Gasteiger partial charge in [0.15, 0.2) is 5.78 Å². The van der Waals surface area contributed by atoms with Gasteiger partial charge in [-0.1, -0.05) is 12.5 Å². The summed E-state index contributed by atoms with van der Waals surface area (Å²) in [5, 5.41) is 3.33. The van der Waals surface area contributed by atoms with Crippen LogP contribution < -0.4 is 5.32 Å². The monoisotopic (exact) mass is 181 g/mol. The zero-order valence-corrected chi connectivity index (χ0v) is 8.81. The highest BCUT2D eigenvalue weighted by Crippen LogP contribution is 2.24. The van der Waals surface area contributed by atoms with Gasteiger partial charge in [-0.15, -0.1) is 0 Å². The summed E-state index contributed by atoms with van der Waals surface area (Å²) >= 11 is 0. The van der Waals surface area contributed by atoms with Crippen LogP contribution in [0.1, 0.15) is 40.0 Å².